The number of hydrogen-bond acceptors (Lipinski definition) is 4. The van der Waals surface area contributed by atoms with Crippen molar-refractivity contribution in [3.05, 3.63) is 71.6 Å². The first-order chi connectivity index (χ1) is 14.3. The highest BCUT2D eigenvalue weighted by atomic mass is 16.3. The third kappa shape index (κ3) is 2.91. The summed E-state index contributed by atoms with van der Waals surface area (Å²) in [5, 5.41) is 5.73. The number of aryl methyl sites for hydroxylation is 1. The van der Waals surface area contributed by atoms with Crippen molar-refractivity contribution in [3.8, 4) is 11.4 Å². The van der Waals surface area contributed by atoms with Crippen molar-refractivity contribution in [2.24, 2.45) is 0 Å². The Morgan fingerprint density at radius 3 is 2.43 bits per heavy atom. The second-order valence-electron chi connectivity index (χ2n) is 8.85. The summed E-state index contributed by atoms with van der Waals surface area (Å²) in [7, 11) is 0. The summed E-state index contributed by atoms with van der Waals surface area (Å²) < 4.78 is 9.51. The fraction of sp³-hybridized carbons (Fsp3) is 0.292. The summed E-state index contributed by atoms with van der Waals surface area (Å²) in [6, 6.07) is 12.4. The average molecular weight is 399 g/mol. The highest BCUT2D eigenvalue weighted by molar-refractivity contribution is 5.94. The Balaban J connectivity index is 1.63. The van der Waals surface area contributed by atoms with Crippen LogP contribution in [0.1, 0.15) is 43.4 Å². The number of fused-ring (bicyclic) bond motifs is 3. The topological polar surface area (TPSA) is 61.2 Å². The van der Waals surface area contributed by atoms with Gasteiger partial charge in [-0.3, -0.25) is 0 Å². The number of furan rings is 1. The van der Waals surface area contributed by atoms with Gasteiger partial charge in [0.05, 0.1) is 18.2 Å². The van der Waals surface area contributed by atoms with Gasteiger partial charge in [0.2, 0.25) is 0 Å². The summed E-state index contributed by atoms with van der Waals surface area (Å²) in [6.45, 7) is 11.5. The molecule has 5 aromatic rings. The van der Waals surface area contributed by atoms with Crippen LogP contribution in [-0.4, -0.2) is 24.1 Å². The molecular weight excluding hydrogens is 374 g/mol. The Bertz CT molecular complexity index is 1350. The first-order valence-electron chi connectivity index (χ1n) is 10.2. The molecule has 0 radical (unpaired) electrons. The maximum atomic E-state index is 5.55. The van der Waals surface area contributed by atoms with E-state index in [1.165, 1.54) is 5.56 Å². The molecule has 0 saturated heterocycles. The monoisotopic (exact) mass is 399 g/mol. The maximum Gasteiger partial charge on any atom is 0.182 e. The minimum atomic E-state index is 0.118. The van der Waals surface area contributed by atoms with Gasteiger partial charge in [-0.05, 0) is 42.5 Å². The van der Waals surface area contributed by atoms with Crippen LogP contribution in [-0.2, 0) is 12.0 Å². The largest absolute Gasteiger partial charge is 0.467 e. The molecule has 0 amide bonds. The fourth-order valence-electron chi connectivity index (χ4n) is 3.92. The van der Waals surface area contributed by atoms with Crippen LogP contribution in [0.25, 0.3) is 28.1 Å². The molecule has 152 valence electrons. The molecule has 0 saturated carbocycles. The van der Waals surface area contributed by atoms with Gasteiger partial charge >= 0.3 is 0 Å². The number of nitrogens with zero attached hydrogens (tertiary/aromatic N) is 5. The molecule has 0 spiro atoms. The van der Waals surface area contributed by atoms with E-state index >= 15 is 0 Å². The lowest BCUT2D eigenvalue weighted by Crippen LogP contribution is -2.10. The minimum Gasteiger partial charge on any atom is -0.467 e. The van der Waals surface area contributed by atoms with E-state index in [-0.39, 0.29) is 5.41 Å². The van der Waals surface area contributed by atoms with E-state index in [1.54, 1.807) is 17.1 Å². The van der Waals surface area contributed by atoms with Gasteiger partial charge in [0.1, 0.15) is 17.7 Å². The standard InChI is InChI=1S/C24H25N5O/c1-15-16(2)28(13-19-7-6-12-30-19)22-20(15)23-26-21(27-29(23)14-25-22)17-8-10-18(11-9-17)24(3,4)5/h6-12,14H,13H2,1-5H3. The van der Waals surface area contributed by atoms with Crippen LogP contribution in [0.2, 0.25) is 0 Å². The van der Waals surface area contributed by atoms with Crippen molar-refractivity contribution in [1.82, 2.24) is 24.1 Å². The summed E-state index contributed by atoms with van der Waals surface area (Å²) in [5.74, 6) is 1.61. The number of hydrogen-bond donors (Lipinski definition) is 0. The number of aromatic nitrogens is 5. The Hall–Kier alpha value is -3.41. The van der Waals surface area contributed by atoms with Gasteiger partial charge in [-0.15, -0.1) is 5.10 Å². The van der Waals surface area contributed by atoms with Gasteiger partial charge in [-0.25, -0.2) is 14.5 Å². The highest BCUT2D eigenvalue weighted by Gasteiger charge is 2.19. The molecule has 0 atom stereocenters. The normalized spacial score (nSPS) is 12.3. The van der Waals surface area contributed by atoms with Crippen LogP contribution in [0.15, 0.2) is 53.4 Å². The Morgan fingerprint density at radius 1 is 1.00 bits per heavy atom. The summed E-state index contributed by atoms with van der Waals surface area (Å²) >= 11 is 0. The second-order valence-corrected chi connectivity index (χ2v) is 8.85. The summed E-state index contributed by atoms with van der Waals surface area (Å²) in [4.78, 5) is 9.60. The van der Waals surface area contributed by atoms with E-state index in [2.05, 4.69) is 63.5 Å². The summed E-state index contributed by atoms with van der Waals surface area (Å²) in [6.07, 6.45) is 3.44. The lowest BCUT2D eigenvalue weighted by atomic mass is 9.87. The quantitative estimate of drug-likeness (QED) is 0.413. The van der Waals surface area contributed by atoms with Crippen molar-refractivity contribution < 1.29 is 4.42 Å². The van der Waals surface area contributed by atoms with Gasteiger partial charge < -0.3 is 8.98 Å². The molecule has 30 heavy (non-hydrogen) atoms. The molecular formula is C24H25N5O. The zero-order chi connectivity index (χ0) is 21.0. The third-order valence-electron chi connectivity index (χ3n) is 5.85. The van der Waals surface area contributed by atoms with E-state index in [0.29, 0.717) is 12.4 Å². The second kappa shape index (κ2) is 6.55. The van der Waals surface area contributed by atoms with E-state index in [4.69, 9.17) is 19.5 Å². The van der Waals surface area contributed by atoms with Gasteiger partial charge in [0.15, 0.2) is 11.5 Å². The SMILES string of the molecule is Cc1c(C)n(Cc2ccco2)c2ncn3nc(-c4ccc(C(C)(C)C)cc4)nc3c12. The molecule has 0 fully saturated rings. The fourth-order valence-corrected chi connectivity index (χ4v) is 3.92. The third-order valence-corrected chi connectivity index (χ3v) is 5.85. The Kier molecular flexibility index (Phi) is 4.07. The minimum absolute atomic E-state index is 0.118. The zero-order valence-electron chi connectivity index (χ0n) is 18.0. The molecule has 5 rings (SSSR count). The van der Waals surface area contributed by atoms with Crippen molar-refractivity contribution in [3.63, 3.8) is 0 Å². The van der Waals surface area contributed by atoms with Crippen LogP contribution >= 0.6 is 0 Å². The Labute approximate surface area is 175 Å². The molecule has 1 aromatic carbocycles. The predicted molar refractivity (Wildman–Crippen MR) is 118 cm³/mol. The average Bonchev–Trinajstić information content (AvgIpc) is 3.43. The first kappa shape index (κ1) is 18.6. The molecule has 6 heteroatoms. The molecule has 0 aliphatic heterocycles. The molecule has 6 nitrogen and oxygen atoms in total. The van der Waals surface area contributed by atoms with E-state index < -0.39 is 0 Å². The van der Waals surface area contributed by atoms with Gasteiger partial charge in [-0.1, -0.05) is 45.0 Å². The smallest absolute Gasteiger partial charge is 0.182 e. The van der Waals surface area contributed by atoms with Crippen molar-refractivity contribution in [1.29, 1.82) is 0 Å². The van der Waals surface area contributed by atoms with Gasteiger partial charge in [0, 0.05) is 11.3 Å². The van der Waals surface area contributed by atoms with E-state index in [0.717, 1.165) is 39.3 Å². The zero-order valence-corrected chi connectivity index (χ0v) is 18.0. The van der Waals surface area contributed by atoms with Crippen LogP contribution in [0, 0.1) is 13.8 Å². The molecule has 0 N–H and O–H groups in total. The molecule has 4 heterocycles. The first-order valence-corrected chi connectivity index (χ1v) is 10.2. The van der Waals surface area contributed by atoms with Crippen LogP contribution in [0.3, 0.4) is 0 Å². The molecule has 0 aliphatic rings. The molecule has 4 aromatic heterocycles. The molecule has 0 unspecified atom stereocenters. The maximum absolute atomic E-state index is 5.55. The molecule has 0 aliphatic carbocycles. The van der Waals surface area contributed by atoms with Gasteiger partial charge in [-0.2, -0.15) is 0 Å². The van der Waals surface area contributed by atoms with Crippen molar-refractivity contribution in [2.45, 2.75) is 46.6 Å². The highest BCUT2D eigenvalue weighted by Crippen LogP contribution is 2.30. The number of benzene rings is 1. The van der Waals surface area contributed by atoms with Crippen LogP contribution in [0.5, 0.6) is 0 Å². The van der Waals surface area contributed by atoms with E-state index in [9.17, 15) is 0 Å². The Morgan fingerprint density at radius 2 is 1.77 bits per heavy atom. The van der Waals surface area contributed by atoms with Crippen molar-refractivity contribution in [2.75, 3.05) is 0 Å². The lowest BCUT2D eigenvalue weighted by Gasteiger charge is -2.18. The van der Waals surface area contributed by atoms with E-state index in [1.807, 2.05) is 12.1 Å². The molecule has 0 bridgehead atoms. The van der Waals surface area contributed by atoms with Crippen molar-refractivity contribution >= 4 is 16.7 Å². The lowest BCUT2D eigenvalue weighted by molar-refractivity contribution is 0.494. The predicted octanol–water partition coefficient (Wildman–Crippen LogP) is 5.30. The van der Waals surface area contributed by atoms with Crippen LogP contribution < -0.4 is 0 Å². The van der Waals surface area contributed by atoms with Gasteiger partial charge in [0.25, 0.3) is 0 Å². The van der Waals surface area contributed by atoms with Crippen LogP contribution in [0.4, 0.5) is 0 Å². The number of rotatable bonds is 3. The summed E-state index contributed by atoms with van der Waals surface area (Å²) in [5.41, 5.74) is 6.46.